The van der Waals surface area contributed by atoms with E-state index in [9.17, 15) is 9.18 Å². The number of ether oxygens (including phenoxy) is 1. The summed E-state index contributed by atoms with van der Waals surface area (Å²) in [5.74, 6) is -0.609. The van der Waals surface area contributed by atoms with Crippen LogP contribution in [0.15, 0.2) is 36.5 Å². The molecule has 7 nitrogen and oxygen atoms in total. The van der Waals surface area contributed by atoms with Gasteiger partial charge in [0, 0.05) is 36.5 Å². The van der Waals surface area contributed by atoms with Crippen molar-refractivity contribution >= 4 is 23.1 Å². The minimum absolute atomic E-state index is 0.00947. The first-order valence-corrected chi connectivity index (χ1v) is 8.00. The van der Waals surface area contributed by atoms with Crippen molar-refractivity contribution in [1.29, 1.82) is 5.41 Å². The van der Waals surface area contributed by atoms with Crippen molar-refractivity contribution in [3.05, 3.63) is 42.3 Å². The van der Waals surface area contributed by atoms with Gasteiger partial charge in [0.2, 0.25) is 0 Å². The van der Waals surface area contributed by atoms with E-state index >= 15 is 0 Å². The van der Waals surface area contributed by atoms with E-state index in [1.807, 2.05) is 25.9 Å². The molecular weight excluding hydrogens is 337 g/mol. The summed E-state index contributed by atoms with van der Waals surface area (Å²) in [4.78, 5) is 18.1. The molecular formula is C18H22FN5O2. The number of carbonyl (C=O) groups excluding carboxylic acids is 1. The van der Waals surface area contributed by atoms with Gasteiger partial charge in [-0.3, -0.25) is 10.2 Å². The summed E-state index contributed by atoms with van der Waals surface area (Å²) in [5, 5.41) is 10.4. The Balaban J connectivity index is 2.04. The normalized spacial score (nSPS) is 11.9. The Morgan fingerprint density at radius 2 is 2.12 bits per heavy atom. The molecule has 0 aliphatic rings. The first kappa shape index (κ1) is 19.3. The highest BCUT2D eigenvalue weighted by molar-refractivity contribution is 6.41. The number of anilines is 2. The summed E-state index contributed by atoms with van der Waals surface area (Å²) in [5.41, 5.74) is 5.75. The molecule has 4 N–H and O–H groups in total. The van der Waals surface area contributed by atoms with Crippen LogP contribution in [0.5, 0.6) is 11.5 Å². The third kappa shape index (κ3) is 5.25. The highest BCUT2D eigenvalue weighted by Crippen LogP contribution is 2.26. The van der Waals surface area contributed by atoms with Crippen molar-refractivity contribution in [2.75, 3.05) is 25.1 Å². The monoisotopic (exact) mass is 359 g/mol. The topological polar surface area (TPSA) is 104 Å². The predicted octanol–water partition coefficient (Wildman–Crippen LogP) is 2.89. The quantitative estimate of drug-likeness (QED) is 0.521. The van der Waals surface area contributed by atoms with Crippen LogP contribution in [0, 0.1) is 11.2 Å². The van der Waals surface area contributed by atoms with E-state index in [0.717, 1.165) is 6.07 Å². The number of nitrogens with zero attached hydrogens (tertiary/aromatic N) is 2. The number of pyridine rings is 1. The molecule has 2 rings (SSSR count). The smallest absolute Gasteiger partial charge is 0.270 e. The zero-order valence-corrected chi connectivity index (χ0v) is 14.9. The molecule has 0 bridgehead atoms. The lowest BCUT2D eigenvalue weighted by atomic mass is 10.1. The number of nitrogen functional groups attached to an aromatic ring is 1. The number of nitrogens with two attached hydrogens (primary N) is 1. The van der Waals surface area contributed by atoms with Gasteiger partial charge in [-0.25, -0.2) is 9.37 Å². The molecule has 2 aromatic rings. The summed E-state index contributed by atoms with van der Waals surface area (Å²) in [6.07, 6.45) is 1.73. The zero-order valence-electron chi connectivity index (χ0n) is 14.9. The number of halogens is 1. The Kier molecular flexibility index (Phi) is 6.24. The van der Waals surface area contributed by atoms with E-state index in [4.69, 9.17) is 15.9 Å². The lowest BCUT2D eigenvalue weighted by Gasteiger charge is -2.19. The van der Waals surface area contributed by atoms with Gasteiger partial charge in [-0.15, -0.1) is 0 Å². The molecule has 1 amide bonds. The van der Waals surface area contributed by atoms with Crippen LogP contribution in [0.1, 0.15) is 13.3 Å². The second-order valence-electron chi connectivity index (χ2n) is 6.12. The molecule has 1 aromatic heterocycles. The van der Waals surface area contributed by atoms with Crippen molar-refractivity contribution in [1.82, 2.24) is 9.88 Å². The van der Waals surface area contributed by atoms with Crippen molar-refractivity contribution in [2.24, 2.45) is 0 Å². The molecule has 0 aliphatic heterocycles. The van der Waals surface area contributed by atoms with Crippen LogP contribution in [0.25, 0.3) is 0 Å². The number of aromatic nitrogens is 1. The van der Waals surface area contributed by atoms with Crippen molar-refractivity contribution < 1.29 is 13.9 Å². The molecule has 0 aliphatic carbocycles. The summed E-state index contributed by atoms with van der Waals surface area (Å²) < 4.78 is 19.3. The molecule has 1 atom stereocenters. The van der Waals surface area contributed by atoms with Crippen LogP contribution in [-0.2, 0) is 4.79 Å². The number of hydrogen-bond donors (Lipinski definition) is 3. The maximum absolute atomic E-state index is 13.8. The minimum atomic E-state index is -0.591. The van der Waals surface area contributed by atoms with Crippen molar-refractivity contribution in [3.8, 4) is 11.5 Å². The number of nitrogens with one attached hydrogen (secondary N) is 2. The van der Waals surface area contributed by atoms with Crippen molar-refractivity contribution in [3.63, 3.8) is 0 Å². The molecule has 0 fully saturated rings. The summed E-state index contributed by atoms with van der Waals surface area (Å²) >= 11 is 0. The average molecular weight is 359 g/mol. The van der Waals surface area contributed by atoms with Gasteiger partial charge in [0.15, 0.2) is 11.6 Å². The number of hydrogen-bond acceptors (Lipinski definition) is 6. The van der Waals surface area contributed by atoms with Gasteiger partial charge in [-0.2, -0.15) is 0 Å². The summed E-state index contributed by atoms with van der Waals surface area (Å²) in [7, 11) is 3.77. The van der Waals surface area contributed by atoms with Gasteiger partial charge in [-0.05, 0) is 39.2 Å². The first-order valence-electron chi connectivity index (χ1n) is 8.00. The molecule has 0 spiro atoms. The van der Waals surface area contributed by atoms with E-state index in [1.165, 1.54) is 30.5 Å². The van der Waals surface area contributed by atoms with Crippen LogP contribution >= 0.6 is 0 Å². The molecule has 1 heterocycles. The second-order valence-corrected chi connectivity index (χ2v) is 6.12. The fourth-order valence-corrected chi connectivity index (χ4v) is 2.03. The molecule has 0 radical (unpaired) electrons. The Hall–Kier alpha value is -3.00. The second kappa shape index (κ2) is 8.39. The highest BCUT2D eigenvalue weighted by Gasteiger charge is 2.16. The lowest BCUT2D eigenvalue weighted by Crippen LogP contribution is -2.32. The van der Waals surface area contributed by atoms with Crippen LogP contribution in [0.3, 0.4) is 0 Å². The Bertz CT molecular complexity index is 810. The van der Waals surface area contributed by atoms with Gasteiger partial charge < -0.3 is 20.7 Å². The van der Waals surface area contributed by atoms with E-state index < -0.39 is 11.7 Å². The SMILES string of the molecule is C[C@@H](CC(=N)C(=O)Nc1cc(Oc2ccc(N)cc2F)ccn1)N(C)C. The maximum atomic E-state index is 13.8. The number of carbonyl (C=O) groups is 1. The van der Waals surface area contributed by atoms with E-state index in [2.05, 4.69) is 10.3 Å². The molecule has 0 unspecified atom stereocenters. The van der Waals surface area contributed by atoms with Gasteiger partial charge in [0.05, 0.1) is 5.71 Å². The Morgan fingerprint density at radius 1 is 1.38 bits per heavy atom. The molecule has 1 aromatic carbocycles. The maximum Gasteiger partial charge on any atom is 0.270 e. The number of rotatable bonds is 7. The van der Waals surface area contributed by atoms with E-state index in [0.29, 0.717) is 17.9 Å². The van der Waals surface area contributed by atoms with Crippen LogP contribution in [0.2, 0.25) is 0 Å². The van der Waals surface area contributed by atoms with Gasteiger partial charge in [0.25, 0.3) is 5.91 Å². The van der Waals surface area contributed by atoms with Gasteiger partial charge >= 0.3 is 0 Å². The first-order chi connectivity index (χ1) is 12.3. The lowest BCUT2D eigenvalue weighted by molar-refractivity contribution is -0.110. The van der Waals surface area contributed by atoms with Gasteiger partial charge in [-0.1, -0.05) is 0 Å². The fraction of sp³-hybridized carbons (Fsp3) is 0.278. The molecule has 8 heteroatoms. The number of benzene rings is 1. The van der Waals surface area contributed by atoms with E-state index in [-0.39, 0.29) is 23.3 Å². The van der Waals surface area contributed by atoms with Crippen LogP contribution in [0.4, 0.5) is 15.9 Å². The molecule has 0 saturated carbocycles. The zero-order chi connectivity index (χ0) is 19.3. The Morgan fingerprint density at radius 3 is 2.77 bits per heavy atom. The Labute approximate surface area is 151 Å². The summed E-state index contributed by atoms with van der Waals surface area (Å²) in [6.45, 7) is 1.93. The van der Waals surface area contributed by atoms with Crippen LogP contribution < -0.4 is 15.8 Å². The van der Waals surface area contributed by atoms with Crippen molar-refractivity contribution in [2.45, 2.75) is 19.4 Å². The fourth-order valence-electron chi connectivity index (χ4n) is 2.03. The number of amides is 1. The largest absolute Gasteiger partial charge is 0.454 e. The minimum Gasteiger partial charge on any atom is -0.454 e. The highest BCUT2D eigenvalue weighted by atomic mass is 19.1. The average Bonchev–Trinajstić information content (AvgIpc) is 2.57. The van der Waals surface area contributed by atoms with Gasteiger partial charge in [0.1, 0.15) is 11.6 Å². The third-order valence-electron chi connectivity index (χ3n) is 3.81. The standard InChI is InChI=1S/C18H22FN5O2/c1-11(24(2)3)8-15(21)18(25)23-17-10-13(6-7-22-17)26-16-5-4-12(20)9-14(16)19/h4-7,9-11,21H,8,20H2,1-3H3,(H,22,23,25)/t11-/m0/s1. The summed E-state index contributed by atoms with van der Waals surface area (Å²) in [6, 6.07) is 7.15. The predicted molar refractivity (Wildman–Crippen MR) is 99.2 cm³/mol. The molecule has 26 heavy (non-hydrogen) atoms. The molecule has 0 saturated heterocycles. The van der Waals surface area contributed by atoms with E-state index in [1.54, 1.807) is 0 Å². The molecule has 138 valence electrons. The third-order valence-corrected chi connectivity index (χ3v) is 3.81. The van der Waals surface area contributed by atoms with Crippen LogP contribution in [-0.4, -0.2) is 41.6 Å².